The van der Waals surface area contributed by atoms with Crippen molar-refractivity contribution in [1.82, 2.24) is 4.98 Å². The molecule has 0 spiro atoms. The van der Waals surface area contributed by atoms with E-state index < -0.39 is 0 Å². The van der Waals surface area contributed by atoms with Gasteiger partial charge in [0, 0.05) is 39.4 Å². The van der Waals surface area contributed by atoms with Crippen LogP contribution in [0.1, 0.15) is 22.3 Å². The lowest BCUT2D eigenvalue weighted by Gasteiger charge is -2.34. The van der Waals surface area contributed by atoms with Crippen molar-refractivity contribution >= 4 is 38.9 Å². The van der Waals surface area contributed by atoms with Crippen LogP contribution in [-0.2, 0) is 6.42 Å². The molecule has 252 valence electrons. The highest BCUT2D eigenvalue weighted by Crippen LogP contribution is 2.55. The average Bonchev–Trinajstić information content (AvgIpc) is 3.80. The number of aromatic nitrogens is 1. The first-order valence-corrected chi connectivity index (χ1v) is 18.5. The van der Waals surface area contributed by atoms with Gasteiger partial charge in [0.15, 0.2) is 0 Å². The number of hydrogen-bond donors (Lipinski definition) is 1. The number of para-hydroxylation sites is 4. The lowest BCUT2D eigenvalue weighted by atomic mass is 9.85. The summed E-state index contributed by atoms with van der Waals surface area (Å²) in [7, 11) is 0. The van der Waals surface area contributed by atoms with Gasteiger partial charge in [-0.25, -0.2) is 0 Å². The third-order valence-corrected chi connectivity index (χ3v) is 11.3. The van der Waals surface area contributed by atoms with Crippen molar-refractivity contribution in [1.29, 1.82) is 0 Å². The minimum atomic E-state index is 0.856. The molecule has 0 fully saturated rings. The predicted molar refractivity (Wildman–Crippen MR) is 225 cm³/mol. The Morgan fingerprint density at radius 2 is 0.962 bits per heavy atom. The van der Waals surface area contributed by atoms with Crippen LogP contribution in [-0.4, -0.2) is 4.98 Å². The maximum absolute atomic E-state index is 3.84. The maximum atomic E-state index is 3.84. The summed E-state index contributed by atoms with van der Waals surface area (Å²) in [5.74, 6) is 0. The second-order valence-electron chi connectivity index (χ2n) is 14.2. The zero-order valence-corrected chi connectivity index (χ0v) is 29.9. The van der Waals surface area contributed by atoms with Crippen LogP contribution in [0.2, 0.25) is 0 Å². The largest absolute Gasteiger partial charge is 0.354 e. The van der Waals surface area contributed by atoms with Crippen LogP contribution in [0.25, 0.3) is 66.3 Å². The van der Waals surface area contributed by atoms with Gasteiger partial charge < -0.3 is 9.88 Å². The monoisotopic (exact) mass is 678 g/mol. The van der Waals surface area contributed by atoms with Gasteiger partial charge in [-0.05, 0) is 82.1 Å². The van der Waals surface area contributed by atoms with E-state index in [4.69, 9.17) is 0 Å². The molecule has 0 radical (unpaired) electrons. The molecule has 2 heteroatoms. The summed E-state index contributed by atoms with van der Waals surface area (Å²) in [4.78, 5) is 6.41. The molecular weight excluding hydrogens is 641 g/mol. The number of fused-ring (bicyclic) bond motifs is 6. The van der Waals surface area contributed by atoms with Crippen LogP contribution in [0.5, 0.6) is 0 Å². The van der Waals surface area contributed by atoms with Gasteiger partial charge in [-0.3, -0.25) is 0 Å². The van der Waals surface area contributed by atoms with E-state index in [2.05, 4.69) is 200 Å². The first-order valence-electron chi connectivity index (χ1n) is 18.5. The fraction of sp³-hybridized carbons (Fsp3) is 0.0588. The number of aromatic amines is 1. The Bertz CT molecular complexity index is 2740. The van der Waals surface area contributed by atoms with Crippen LogP contribution in [0, 0.1) is 13.8 Å². The van der Waals surface area contributed by atoms with Crippen molar-refractivity contribution < 1.29 is 0 Å². The molecular formula is C51H38N2. The highest BCUT2D eigenvalue weighted by atomic mass is 15.2. The van der Waals surface area contributed by atoms with Crippen LogP contribution >= 0.6 is 0 Å². The van der Waals surface area contributed by atoms with Gasteiger partial charge in [0.05, 0.1) is 22.6 Å². The SMILES string of the molecule is Cc1c(C)c(N(c2ccccc2-c2ccccc2)c2ccccc2-c2ccccc2)c2c(c1-c1cccc3c1[nH]c1ccccc13)-c1ccccc1C2. The second-order valence-corrected chi connectivity index (χ2v) is 14.2. The molecule has 0 bridgehead atoms. The first-order chi connectivity index (χ1) is 26.2. The van der Waals surface area contributed by atoms with Crippen molar-refractivity contribution in [3.8, 4) is 44.5 Å². The quantitative estimate of drug-likeness (QED) is 0.185. The van der Waals surface area contributed by atoms with E-state index >= 15 is 0 Å². The minimum Gasteiger partial charge on any atom is -0.354 e. The lowest BCUT2D eigenvalue weighted by Crippen LogP contribution is -2.17. The molecule has 0 saturated heterocycles. The van der Waals surface area contributed by atoms with Crippen LogP contribution in [0.15, 0.2) is 176 Å². The molecule has 0 saturated carbocycles. The molecule has 9 aromatic rings. The normalized spacial score (nSPS) is 11.9. The van der Waals surface area contributed by atoms with E-state index in [9.17, 15) is 0 Å². The second kappa shape index (κ2) is 12.5. The molecule has 1 aliphatic carbocycles. The molecule has 53 heavy (non-hydrogen) atoms. The summed E-state index contributed by atoms with van der Waals surface area (Å²) >= 11 is 0. The summed E-state index contributed by atoms with van der Waals surface area (Å²) in [5.41, 5.74) is 21.3. The molecule has 1 aromatic heterocycles. The predicted octanol–water partition coefficient (Wildman–Crippen LogP) is 14.0. The van der Waals surface area contributed by atoms with Crippen LogP contribution in [0.4, 0.5) is 17.1 Å². The molecule has 0 atom stereocenters. The zero-order chi connectivity index (χ0) is 35.5. The van der Waals surface area contributed by atoms with E-state index in [0.29, 0.717) is 0 Å². The van der Waals surface area contributed by atoms with Gasteiger partial charge >= 0.3 is 0 Å². The van der Waals surface area contributed by atoms with Gasteiger partial charge in [-0.1, -0.05) is 158 Å². The summed E-state index contributed by atoms with van der Waals surface area (Å²) in [6, 6.07) is 64.0. The fourth-order valence-electron chi connectivity index (χ4n) is 8.78. The Morgan fingerprint density at radius 3 is 1.64 bits per heavy atom. The number of hydrogen-bond acceptors (Lipinski definition) is 1. The zero-order valence-electron chi connectivity index (χ0n) is 29.9. The van der Waals surface area contributed by atoms with Crippen molar-refractivity contribution in [2.45, 2.75) is 20.3 Å². The highest BCUT2D eigenvalue weighted by molar-refractivity contribution is 6.14. The standard InChI is InChI=1S/C51H38N2/c1-33-34(2)51(44-32-37-22-9-10-25-40(37)49(44)48(33)43-28-17-27-42-41-26-11-14-29-45(41)52-50(42)43)53(46-30-15-12-23-38(46)35-18-5-3-6-19-35)47-31-16-13-24-39(47)36-20-7-4-8-21-36/h3-31,52H,32H2,1-2H3. The average molecular weight is 679 g/mol. The summed E-state index contributed by atoms with van der Waals surface area (Å²) in [5, 5.41) is 2.52. The lowest BCUT2D eigenvalue weighted by molar-refractivity contribution is 1.16. The summed E-state index contributed by atoms with van der Waals surface area (Å²) in [6.07, 6.45) is 0.856. The van der Waals surface area contributed by atoms with Crippen LogP contribution < -0.4 is 4.90 Å². The first kappa shape index (κ1) is 31.1. The smallest absolute Gasteiger partial charge is 0.0544 e. The molecule has 1 N–H and O–H groups in total. The van der Waals surface area contributed by atoms with E-state index in [1.54, 1.807) is 0 Å². The number of H-pyrrole nitrogens is 1. The number of anilines is 3. The van der Waals surface area contributed by atoms with E-state index in [-0.39, 0.29) is 0 Å². The molecule has 0 unspecified atom stereocenters. The van der Waals surface area contributed by atoms with Gasteiger partial charge in [0.25, 0.3) is 0 Å². The van der Waals surface area contributed by atoms with Gasteiger partial charge in [-0.2, -0.15) is 0 Å². The summed E-state index contributed by atoms with van der Waals surface area (Å²) < 4.78 is 0. The number of rotatable bonds is 6. The Balaban J connectivity index is 1.33. The molecule has 2 nitrogen and oxygen atoms in total. The van der Waals surface area contributed by atoms with Crippen LogP contribution in [0.3, 0.4) is 0 Å². The Hall–Kier alpha value is -6.64. The topological polar surface area (TPSA) is 19.0 Å². The maximum Gasteiger partial charge on any atom is 0.0544 e. The van der Waals surface area contributed by atoms with Crippen molar-refractivity contribution in [2.75, 3.05) is 4.90 Å². The summed E-state index contributed by atoms with van der Waals surface area (Å²) in [6.45, 7) is 4.67. The van der Waals surface area contributed by atoms with Crippen molar-refractivity contribution in [3.05, 3.63) is 198 Å². The fourth-order valence-corrected chi connectivity index (χ4v) is 8.78. The Labute approximate surface area is 310 Å². The highest BCUT2D eigenvalue weighted by Gasteiger charge is 2.33. The number of benzene rings is 8. The Morgan fingerprint density at radius 1 is 0.434 bits per heavy atom. The minimum absolute atomic E-state index is 0.856. The molecule has 1 heterocycles. The molecule has 0 amide bonds. The molecule has 10 rings (SSSR count). The van der Waals surface area contributed by atoms with Gasteiger partial charge in [-0.15, -0.1) is 0 Å². The Kier molecular flexibility index (Phi) is 7.37. The number of nitrogens with one attached hydrogen (secondary N) is 1. The third-order valence-electron chi connectivity index (χ3n) is 11.3. The van der Waals surface area contributed by atoms with Gasteiger partial charge in [0.1, 0.15) is 0 Å². The third kappa shape index (κ3) is 4.94. The number of nitrogens with zero attached hydrogens (tertiary/aromatic N) is 1. The van der Waals surface area contributed by atoms with E-state index in [1.165, 1.54) is 94.3 Å². The van der Waals surface area contributed by atoms with Crippen molar-refractivity contribution in [2.24, 2.45) is 0 Å². The molecule has 0 aliphatic heterocycles. The van der Waals surface area contributed by atoms with E-state index in [1.807, 2.05) is 0 Å². The van der Waals surface area contributed by atoms with Crippen molar-refractivity contribution in [3.63, 3.8) is 0 Å². The van der Waals surface area contributed by atoms with E-state index in [0.717, 1.165) is 17.8 Å². The molecule has 1 aliphatic rings. The molecule has 8 aromatic carbocycles. The van der Waals surface area contributed by atoms with Gasteiger partial charge in [0.2, 0.25) is 0 Å².